The first-order chi connectivity index (χ1) is 5.07. The zero-order valence-corrected chi connectivity index (χ0v) is 6.32. The molecule has 0 aliphatic carbocycles. The fraction of sp³-hybridized carbons (Fsp3) is 0.833. The molecule has 1 unspecified atom stereocenters. The average Bonchev–Trinajstić information content (AvgIpc) is 1.86. The van der Waals surface area contributed by atoms with Gasteiger partial charge in [0.2, 0.25) is 6.54 Å². The summed E-state index contributed by atoms with van der Waals surface area (Å²) in [5, 5.41) is 18.4. The van der Waals surface area contributed by atoms with Crippen molar-refractivity contribution in [2.24, 2.45) is 5.92 Å². The molecule has 5 nitrogen and oxygen atoms in total. The number of hydrogen-bond donors (Lipinski definition) is 1. The zero-order valence-electron chi connectivity index (χ0n) is 6.32. The van der Waals surface area contributed by atoms with Gasteiger partial charge in [-0.05, 0) is 6.42 Å². The third-order valence-corrected chi connectivity index (χ3v) is 1.36. The summed E-state index contributed by atoms with van der Waals surface area (Å²) in [4.78, 5) is 19.7. The van der Waals surface area contributed by atoms with Crippen molar-refractivity contribution in [2.45, 2.75) is 19.8 Å². The summed E-state index contributed by atoms with van der Waals surface area (Å²) in [5.41, 5.74) is 0. The summed E-state index contributed by atoms with van der Waals surface area (Å²) >= 11 is 0. The Morgan fingerprint density at radius 2 is 2.27 bits per heavy atom. The van der Waals surface area contributed by atoms with Gasteiger partial charge in [0.1, 0.15) is 5.92 Å². The molecule has 0 heterocycles. The van der Waals surface area contributed by atoms with Crippen LogP contribution in [0.1, 0.15) is 19.8 Å². The summed E-state index contributed by atoms with van der Waals surface area (Å²) in [6.07, 6.45) is 1.03. The van der Waals surface area contributed by atoms with Gasteiger partial charge >= 0.3 is 5.97 Å². The lowest BCUT2D eigenvalue weighted by Gasteiger charge is -2.04. The third-order valence-electron chi connectivity index (χ3n) is 1.36. The van der Waals surface area contributed by atoms with Crippen molar-refractivity contribution in [1.29, 1.82) is 0 Å². The van der Waals surface area contributed by atoms with Crippen molar-refractivity contribution in [2.75, 3.05) is 6.54 Å². The lowest BCUT2D eigenvalue weighted by molar-refractivity contribution is -0.486. The highest BCUT2D eigenvalue weighted by atomic mass is 16.6. The van der Waals surface area contributed by atoms with Crippen molar-refractivity contribution in [3.63, 3.8) is 0 Å². The molecule has 0 aliphatic heterocycles. The molecule has 0 amide bonds. The van der Waals surface area contributed by atoms with Crippen molar-refractivity contribution >= 4 is 5.97 Å². The highest BCUT2D eigenvalue weighted by molar-refractivity contribution is 5.69. The van der Waals surface area contributed by atoms with Gasteiger partial charge in [-0.1, -0.05) is 13.3 Å². The Morgan fingerprint density at radius 1 is 1.73 bits per heavy atom. The molecule has 0 saturated heterocycles. The molecule has 5 heteroatoms. The highest BCUT2D eigenvalue weighted by Crippen LogP contribution is 2.06. The molecular weight excluding hydrogens is 150 g/mol. The standard InChI is InChI=1S/C6H11NO4/c1-2-3-5(6(8)9)4-7(10)11/h5H,2-4H2,1H3,(H,8,9). The first kappa shape index (κ1) is 9.87. The average molecular weight is 161 g/mol. The molecular formula is C6H11NO4. The normalized spacial score (nSPS) is 12.5. The van der Waals surface area contributed by atoms with E-state index < -0.39 is 23.4 Å². The smallest absolute Gasteiger partial charge is 0.313 e. The van der Waals surface area contributed by atoms with E-state index in [1.165, 1.54) is 0 Å². The van der Waals surface area contributed by atoms with Gasteiger partial charge in [0.05, 0.1) is 0 Å². The number of rotatable bonds is 5. The molecule has 0 spiro atoms. The molecule has 0 radical (unpaired) electrons. The minimum Gasteiger partial charge on any atom is -0.481 e. The van der Waals surface area contributed by atoms with Gasteiger partial charge < -0.3 is 5.11 Å². The van der Waals surface area contributed by atoms with Gasteiger partial charge in [-0.2, -0.15) is 0 Å². The Morgan fingerprint density at radius 3 is 2.55 bits per heavy atom. The predicted molar refractivity (Wildman–Crippen MR) is 37.9 cm³/mol. The van der Waals surface area contributed by atoms with Crippen LogP contribution in [0.15, 0.2) is 0 Å². The van der Waals surface area contributed by atoms with Gasteiger partial charge in [0.15, 0.2) is 0 Å². The van der Waals surface area contributed by atoms with Crippen LogP contribution in [0.3, 0.4) is 0 Å². The van der Waals surface area contributed by atoms with Crippen molar-refractivity contribution < 1.29 is 14.8 Å². The van der Waals surface area contributed by atoms with E-state index >= 15 is 0 Å². The van der Waals surface area contributed by atoms with Gasteiger partial charge in [-0.25, -0.2) is 0 Å². The number of aliphatic carboxylic acids is 1. The summed E-state index contributed by atoms with van der Waals surface area (Å²) in [6.45, 7) is 1.33. The summed E-state index contributed by atoms with van der Waals surface area (Å²) in [6, 6.07) is 0. The van der Waals surface area contributed by atoms with Crippen LogP contribution in [-0.2, 0) is 4.79 Å². The molecule has 0 saturated carbocycles. The Hall–Kier alpha value is -1.13. The number of hydrogen-bond acceptors (Lipinski definition) is 3. The first-order valence-electron chi connectivity index (χ1n) is 3.42. The van der Waals surface area contributed by atoms with Crippen LogP contribution < -0.4 is 0 Å². The molecule has 1 atom stereocenters. The van der Waals surface area contributed by atoms with E-state index in [0.717, 1.165) is 0 Å². The molecule has 0 fully saturated rings. The zero-order chi connectivity index (χ0) is 8.85. The highest BCUT2D eigenvalue weighted by Gasteiger charge is 2.21. The van der Waals surface area contributed by atoms with Gasteiger partial charge in [0.25, 0.3) is 0 Å². The molecule has 0 aromatic rings. The third kappa shape index (κ3) is 4.30. The number of carboxylic acids is 1. The lowest BCUT2D eigenvalue weighted by atomic mass is 10.1. The predicted octanol–water partition coefficient (Wildman–Crippen LogP) is 0.764. The fourth-order valence-electron chi connectivity index (χ4n) is 0.821. The maximum atomic E-state index is 10.3. The van der Waals surface area contributed by atoms with Crippen molar-refractivity contribution in [3.8, 4) is 0 Å². The van der Waals surface area contributed by atoms with Crippen molar-refractivity contribution in [3.05, 3.63) is 10.1 Å². The molecule has 0 bridgehead atoms. The van der Waals surface area contributed by atoms with Gasteiger partial charge in [0, 0.05) is 4.92 Å². The maximum Gasteiger partial charge on any atom is 0.313 e. The topological polar surface area (TPSA) is 80.4 Å². The van der Waals surface area contributed by atoms with Gasteiger partial charge in [-0.3, -0.25) is 14.9 Å². The van der Waals surface area contributed by atoms with Crippen LogP contribution in [0, 0.1) is 16.0 Å². The van der Waals surface area contributed by atoms with E-state index in [1.807, 2.05) is 0 Å². The Kier molecular flexibility index (Phi) is 4.17. The molecule has 11 heavy (non-hydrogen) atoms. The van der Waals surface area contributed by atoms with Crippen molar-refractivity contribution in [1.82, 2.24) is 0 Å². The second-order valence-corrected chi connectivity index (χ2v) is 2.34. The van der Waals surface area contributed by atoms with Crippen LogP contribution in [0.5, 0.6) is 0 Å². The first-order valence-corrected chi connectivity index (χ1v) is 3.42. The molecule has 0 aromatic carbocycles. The van der Waals surface area contributed by atoms with Crippen LogP contribution in [0.25, 0.3) is 0 Å². The number of nitrogens with zero attached hydrogens (tertiary/aromatic N) is 1. The monoisotopic (exact) mass is 161 g/mol. The van der Waals surface area contributed by atoms with Gasteiger partial charge in [-0.15, -0.1) is 0 Å². The fourth-order valence-corrected chi connectivity index (χ4v) is 0.821. The van der Waals surface area contributed by atoms with Crippen LogP contribution in [0.2, 0.25) is 0 Å². The van der Waals surface area contributed by atoms with E-state index in [9.17, 15) is 14.9 Å². The molecule has 1 N–H and O–H groups in total. The Balaban J connectivity index is 3.89. The quantitative estimate of drug-likeness (QED) is 0.476. The molecule has 0 aliphatic rings. The summed E-state index contributed by atoms with van der Waals surface area (Å²) in [5.74, 6) is -1.90. The van der Waals surface area contributed by atoms with Crippen LogP contribution in [0.4, 0.5) is 0 Å². The second-order valence-electron chi connectivity index (χ2n) is 2.34. The molecule has 0 rings (SSSR count). The Labute approximate surface area is 64.2 Å². The molecule has 64 valence electrons. The maximum absolute atomic E-state index is 10.3. The van der Waals surface area contributed by atoms with E-state index in [4.69, 9.17) is 5.11 Å². The Bertz CT molecular complexity index is 157. The lowest BCUT2D eigenvalue weighted by Crippen LogP contribution is -2.22. The van der Waals surface area contributed by atoms with E-state index in [0.29, 0.717) is 12.8 Å². The van der Waals surface area contributed by atoms with E-state index in [2.05, 4.69) is 0 Å². The number of carbonyl (C=O) groups is 1. The minimum absolute atomic E-state index is 0.371. The van der Waals surface area contributed by atoms with Crippen LogP contribution in [-0.4, -0.2) is 22.5 Å². The van der Waals surface area contributed by atoms with E-state index in [-0.39, 0.29) is 0 Å². The second kappa shape index (κ2) is 4.65. The summed E-state index contributed by atoms with van der Waals surface area (Å²) in [7, 11) is 0. The van der Waals surface area contributed by atoms with Crippen LogP contribution >= 0.6 is 0 Å². The summed E-state index contributed by atoms with van der Waals surface area (Å²) < 4.78 is 0. The number of carboxylic acid groups (broad SMARTS) is 1. The SMILES string of the molecule is CCCC(C[N+](=O)[O-])C(=O)O. The molecule has 0 aromatic heterocycles. The largest absolute Gasteiger partial charge is 0.481 e. The van der Waals surface area contributed by atoms with E-state index in [1.54, 1.807) is 6.92 Å². The number of nitro groups is 1. The minimum atomic E-state index is -1.08.